The van der Waals surface area contributed by atoms with E-state index in [0.29, 0.717) is 0 Å². The number of alkyl halides is 2. The van der Waals surface area contributed by atoms with Crippen molar-refractivity contribution in [3.05, 3.63) is 0 Å². The Hall–Kier alpha value is -0.140. The van der Waals surface area contributed by atoms with Gasteiger partial charge in [-0.05, 0) is 6.92 Å². The SMILES string of the molecule is CCO.O=C(O)C(Br)C(Br)C(=O)O. The summed E-state index contributed by atoms with van der Waals surface area (Å²) in [4.78, 5) is 18.0. The maximum atomic E-state index is 10.1. The van der Waals surface area contributed by atoms with Gasteiger partial charge in [0.15, 0.2) is 0 Å². The van der Waals surface area contributed by atoms with Gasteiger partial charge in [0.25, 0.3) is 0 Å². The summed E-state index contributed by atoms with van der Waals surface area (Å²) in [6.45, 7) is 1.93. The van der Waals surface area contributed by atoms with E-state index in [-0.39, 0.29) is 6.61 Å². The van der Waals surface area contributed by atoms with E-state index >= 15 is 0 Å². The van der Waals surface area contributed by atoms with Gasteiger partial charge in [0.05, 0.1) is 0 Å². The molecule has 0 aromatic carbocycles. The minimum atomic E-state index is -1.20. The molecule has 0 rings (SSSR count). The number of aliphatic hydroxyl groups excluding tert-OH is 1. The molecule has 0 radical (unpaired) electrons. The van der Waals surface area contributed by atoms with E-state index in [0.717, 1.165) is 0 Å². The molecule has 0 aliphatic heterocycles. The molecule has 78 valence electrons. The minimum absolute atomic E-state index is 0.250. The molecule has 2 unspecified atom stereocenters. The number of halogens is 2. The quantitative estimate of drug-likeness (QED) is 0.664. The van der Waals surface area contributed by atoms with E-state index in [9.17, 15) is 9.59 Å². The molecular formula is C6H10Br2O5. The van der Waals surface area contributed by atoms with Crippen molar-refractivity contribution < 1.29 is 24.9 Å². The molecule has 0 aliphatic rings. The molecule has 0 aromatic rings. The fourth-order valence-corrected chi connectivity index (χ4v) is 0.703. The van der Waals surface area contributed by atoms with Crippen LogP contribution in [-0.4, -0.2) is 43.5 Å². The number of aliphatic carboxylic acids is 2. The van der Waals surface area contributed by atoms with E-state index in [1.165, 1.54) is 0 Å². The second-order valence-corrected chi connectivity index (χ2v) is 3.77. The van der Waals surface area contributed by atoms with Crippen molar-refractivity contribution in [3.8, 4) is 0 Å². The molecule has 5 nitrogen and oxygen atoms in total. The summed E-state index contributed by atoms with van der Waals surface area (Å²) in [5.41, 5.74) is 0. The molecule has 2 atom stereocenters. The molecule has 3 N–H and O–H groups in total. The second-order valence-electron chi connectivity index (χ2n) is 1.80. The zero-order chi connectivity index (χ0) is 11.0. The fraction of sp³-hybridized carbons (Fsp3) is 0.667. The summed E-state index contributed by atoms with van der Waals surface area (Å²) in [5, 5.41) is 24.1. The normalized spacial score (nSPS) is 13.5. The third kappa shape index (κ3) is 8.20. The Morgan fingerprint density at radius 2 is 1.31 bits per heavy atom. The fourth-order valence-electron chi connectivity index (χ4n) is 0.250. The highest BCUT2D eigenvalue weighted by Gasteiger charge is 2.28. The summed E-state index contributed by atoms with van der Waals surface area (Å²) in [6.07, 6.45) is 0. The monoisotopic (exact) mass is 320 g/mol. The number of carboxylic acids is 2. The molecular weight excluding hydrogens is 312 g/mol. The summed E-state index contributed by atoms with van der Waals surface area (Å²) in [5.74, 6) is -2.41. The largest absolute Gasteiger partial charge is 0.480 e. The van der Waals surface area contributed by atoms with Gasteiger partial charge in [0, 0.05) is 6.61 Å². The molecule has 0 heterocycles. The van der Waals surface area contributed by atoms with Crippen molar-refractivity contribution in [1.82, 2.24) is 0 Å². The van der Waals surface area contributed by atoms with Crippen LogP contribution in [0.4, 0.5) is 0 Å². The number of rotatable bonds is 3. The first-order valence-electron chi connectivity index (χ1n) is 3.23. The third-order valence-electron chi connectivity index (χ3n) is 0.729. The third-order valence-corrected chi connectivity index (χ3v) is 3.28. The molecule has 0 amide bonds. The lowest BCUT2D eigenvalue weighted by atomic mass is 10.3. The maximum absolute atomic E-state index is 10.1. The highest BCUT2D eigenvalue weighted by atomic mass is 79.9. The molecule has 0 spiro atoms. The van der Waals surface area contributed by atoms with Crippen molar-refractivity contribution >= 4 is 43.8 Å². The average molecular weight is 322 g/mol. The first kappa shape index (κ1) is 15.3. The number of carbonyl (C=O) groups is 2. The van der Waals surface area contributed by atoms with Crippen molar-refractivity contribution in [2.45, 2.75) is 16.6 Å². The Kier molecular flexibility index (Phi) is 9.98. The smallest absolute Gasteiger partial charge is 0.319 e. The zero-order valence-electron chi connectivity index (χ0n) is 6.78. The van der Waals surface area contributed by atoms with Crippen LogP contribution in [0.1, 0.15) is 6.92 Å². The molecule has 0 bridgehead atoms. The van der Waals surface area contributed by atoms with Crippen LogP contribution in [0.5, 0.6) is 0 Å². The van der Waals surface area contributed by atoms with E-state index in [4.69, 9.17) is 15.3 Å². The Balaban J connectivity index is 0. The average Bonchev–Trinajstić information content (AvgIpc) is 2.03. The van der Waals surface area contributed by atoms with Gasteiger partial charge in [0.1, 0.15) is 9.65 Å². The van der Waals surface area contributed by atoms with Gasteiger partial charge < -0.3 is 15.3 Å². The van der Waals surface area contributed by atoms with E-state index in [1.807, 2.05) is 0 Å². The van der Waals surface area contributed by atoms with Crippen LogP contribution < -0.4 is 0 Å². The van der Waals surface area contributed by atoms with Gasteiger partial charge in [-0.3, -0.25) is 9.59 Å². The van der Waals surface area contributed by atoms with Crippen molar-refractivity contribution in [1.29, 1.82) is 0 Å². The van der Waals surface area contributed by atoms with Crippen LogP contribution in [0.25, 0.3) is 0 Å². The number of hydrogen-bond donors (Lipinski definition) is 3. The summed E-state index contributed by atoms with van der Waals surface area (Å²) in [7, 11) is 0. The van der Waals surface area contributed by atoms with Gasteiger partial charge in [-0.25, -0.2) is 0 Å². The van der Waals surface area contributed by atoms with Crippen LogP contribution in [0, 0.1) is 0 Å². The van der Waals surface area contributed by atoms with Gasteiger partial charge >= 0.3 is 11.9 Å². The zero-order valence-corrected chi connectivity index (χ0v) is 9.95. The number of carboxylic acid groups (broad SMARTS) is 2. The molecule has 0 saturated heterocycles. The lowest BCUT2D eigenvalue weighted by Crippen LogP contribution is -2.30. The second kappa shape index (κ2) is 8.46. The molecule has 0 saturated carbocycles. The van der Waals surface area contributed by atoms with Gasteiger partial charge in [0.2, 0.25) is 0 Å². The maximum Gasteiger partial charge on any atom is 0.319 e. The van der Waals surface area contributed by atoms with Crippen LogP contribution >= 0.6 is 31.9 Å². The van der Waals surface area contributed by atoms with E-state index < -0.39 is 21.6 Å². The predicted octanol–water partition coefficient (Wildman–Crippen LogP) is 0.681. The molecule has 0 aliphatic carbocycles. The number of hydrogen-bond acceptors (Lipinski definition) is 3. The van der Waals surface area contributed by atoms with Crippen molar-refractivity contribution in [2.75, 3.05) is 6.61 Å². The molecule has 0 fully saturated rings. The summed E-state index contributed by atoms with van der Waals surface area (Å²) in [6, 6.07) is 0. The predicted molar refractivity (Wildman–Crippen MR) is 53.5 cm³/mol. The lowest BCUT2D eigenvalue weighted by molar-refractivity contribution is -0.142. The Labute approximate surface area is 92.0 Å². The standard InChI is InChI=1S/C4H4Br2O4.C2H6O/c5-1(3(7)8)2(6)4(9)10;1-2-3/h1-2H,(H,7,8)(H,9,10);3H,2H2,1H3. The Morgan fingerprint density at radius 3 is 1.38 bits per heavy atom. The summed E-state index contributed by atoms with van der Waals surface area (Å²) >= 11 is 5.36. The topological polar surface area (TPSA) is 94.8 Å². The van der Waals surface area contributed by atoms with Crippen LogP contribution in [0.15, 0.2) is 0 Å². The lowest BCUT2D eigenvalue weighted by Gasteiger charge is -2.05. The van der Waals surface area contributed by atoms with E-state index in [2.05, 4.69) is 31.9 Å². The van der Waals surface area contributed by atoms with E-state index in [1.54, 1.807) is 6.92 Å². The van der Waals surface area contributed by atoms with Crippen LogP contribution in [0.3, 0.4) is 0 Å². The van der Waals surface area contributed by atoms with Crippen LogP contribution in [0.2, 0.25) is 0 Å². The Bertz CT molecular complexity index is 154. The highest BCUT2D eigenvalue weighted by Crippen LogP contribution is 2.14. The number of aliphatic hydroxyl groups is 1. The first-order chi connectivity index (χ1) is 5.88. The molecule has 13 heavy (non-hydrogen) atoms. The van der Waals surface area contributed by atoms with Gasteiger partial charge in [-0.15, -0.1) is 0 Å². The molecule has 0 aromatic heterocycles. The summed E-state index contributed by atoms with van der Waals surface area (Å²) < 4.78 is 0. The van der Waals surface area contributed by atoms with Crippen LogP contribution in [-0.2, 0) is 9.59 Å². The Morgan fingerprint density at radius 1 is 1.15 bits per heavy atom. The minimum Gasteiger partial charge on any atom is -0.480 e. The van der Waals surface area contributed by atoms with Crippen molar-refractivity contribution in [2.24, 2.45) is 0 Å². The highest BCUT2D eigenvalue weighted by molar-refractivity contribution is 9.12. The first-order valence-corrected chi connectivity index (χ1v) is 5.06. The van der Waals surface area contributed by atoms with Gasteiger partial charge in [-0.1, -0.05) is 31.9 Å². The molecule has 7 heteroatoms. The van der Waals surface area contributed by atoms with Gasteiger partial charge in [-0.2, -0.15) is 0 Å². The van der Waals surface area contributed by atoms with Crippen molar-refractivity contribution in [3.63, 3.8) is 0 Å².